The zero-order chi connectivity index (χ0) is 13.1. The van der Waals surface area contributed by atoms with E-state index in [2.05, 4.69) is 63.0 Å². The molecule has 0 aliphatic rings. The van der Waals surface area contributed by atoms with Crippen molar-refractivity contribution in [1.29, 1.82) is 0 Å². The van der Waals surface area contributed by atoms with Crippen molar-refractivity contribution >= 4 is 31.9 Å². The minimum Gasteiger partial charge on any atom is -0.324 e. The highest BCUT2D eigenvalue weighted by molar-refractivity contribution is 9.10. The van der Waals surface area contributed by atoms with Gasteiger partial charge in [0.1, 0.15) is 0 Å². The first kappa shape index (κ1) is 13.8. The van der Waals surface area contributed by atoms with Crippen LogP contribution in [0.1, 0.15) is 22.7 Å². The van der Waals surface area contributed by atoms with Crippen LogP contribution in [0.2, 0.25) is 0 Å². The number of rotatable bonds is 3. The summed E-state index contributed by atoms with van der Waals surface area (Å²) in [4.78, 5) is 0. The third-order valence-electron chi connectivity index (χ3n) is 2.95. The standard InChI is InChI=1S/C15H15Br2N/c1-10-6-7-14(17)12(8-10)15(18)9-11-4-2-3-5-13(11)16/h2-8,15H,9,18H2,1H3. The fourth-order valence-corrected chi connectivity index (χ4v) is 2.95. The zero-order valence-corrected chi connectivity index (χ0v) is 13.3. The molecule has 3 heteroatoms. The Bertz CT molecular complexity index is 552. The lowest BCUT2D eigenvalue weighted by Crippen LogP contribution is -2.14. The fraction of sp³-hybridized carbons (Fsp3) is 0.200. The molecular weight excluding hydrogens is 354 g/mol. The molecule has 0 saturated carbocycles. The second-order valence-corrected chi connectivity index (χ2v) is 6.14. The van der Waals surface area contributed by atoms with E-state index in [4.69, 9.17) is 5.73 Å². The first-order valence-corrected chi connectivity index (χ1v) is 7.41. The molecule has 94 valence electrons. The van der Waals surface area contributed by atoms with E-state index >= 15 is 0 Å². The molecule has 0 amide bonds. The largest absolute Gasteiger partial charge is 0.324 e. The molecule has 1 unspecified atom stereocenters. The predicted molar refractivity (Wildman–Crippen MR) is 83.7 cm³/mol. The molecule has 0 saturated heterocycles. The quantitative estimate of drug-likeness (QED) is 0.830. The number of nitrogens with two attached hydrogens (primary N) is 1. The van der Waals surface area contributed by atoms with Crippen LogP contribution in [0, 0.1) is 6.92 Å². The van der Waals surface area contributed by atoms with Gasteiger partial charge in [-0.15, -0.1) is 0 Å². The maximum Gasteiger partial charge on any atom is 0.0347 e. The van der Waals surface area contributed by atoms with Gasteiger partial charge in [0.2, 0.25) is 0 Å². The summed E-state index contributed by atoms with van der Waals surface area (Å²) >= 11 is 7.13. The van der Waals surface area contributed by atoms with Gasteiger partial charge in [0.15, 0.2) is 0 Å². The van der Waals surface area contributed by atoms with E-state index in [1.165, 1.54) is 11.1 Å². The highest BCUT2D eigenvalue weighted by Crippen LogP contribution is 2.27. The molecule has 2 rings (SSSR count). The molecule has 2 aromatic rings. The third kappa shape index (κ3) is 3.22. The second-order valence-electron chi connectivity index (χ2n) is 4.43. The van der Waals surface area contributed by atoms with Crippen molar-refractivity contribution in [1.82, 2.24) is 0 Å². The van der Waals surface area contributed by atoms with Crippen LogP contribution in [0.5, 0.6) is 0 Å². The lowest BCUT2D eigenvalue weighted by molar-refractivity contribution is 0.715. The van der Waals surface area contributed by atoms with E-state index in [0.717, 1.165) is 20.9 Å². The van der Waals surface area contributed by atoms with Crippen LogP contribution in [-0.2, 0) is 6.42 Å². The molecule has 1 atom stereocenters. The molecule has 0 aliphatic carbocycles. The van der Waals surface area contributed by atoms with Crippen LogP contribution >= 0.6 is 31.9 Å². The van der Waals surface area contributed by atoms with Crippen molar-refractivity contribution in [3.05, 3.63) is 68.1 Å². The molecule has 0 spiro atoms. The highest BCUT2D eigenvalue weighted by atomic mass is 79.9. The van der Waals surface area contributed by atoms with Crippen LogP contribution < -0.4 is 5.73 Å². The van der Waals surface area contributed by atoms with Crippen LogP contribution in [0.4, 0.5) is 0 Å². The molecule has 2 N–H and O–H groups in total. The maximum absolute atomic E-state index is 6.31. The van der Waals surface area contributed by atoms with Gasteiger partial charge in [-0.1, -0.05) is 67.8 Å². The zero-order valence-electron chi connectivity index (χ0n) is 10.2. The second kappa shape index (κ2) is 6.00. The summed E-state index contributed by atoms with van der Waals surface area (Å²) in [5.74, 6) is 0. The van der Waals surface area contributed by atoms with Crippen LogP contribution in [0.25, 0.3) is 0 Å². The van der Waals surface area contributed by atoms with E-state index in [0.29, 0.717) is 0 Å². The lowest BCUT2D eigenvalue weighted by Gasteiger charge is -2.15. The Balaban J connectivity index is 2.25. The summed E-state index contributed by atoms with van der Waals surface area (Å²) in [6.45, 7) is 2.08. The maximum atomic E-state index is 6.31. The van der Waals surface area contributed by atoms with E-state index in [-0.39, 0.29) is 6.04 Å². The van der Waals surface area contributed by atoms with Crippen LogP contribution in [0.3, 0.4) is 0 Å². The Morgan fingerprint density at radius 2 is 1.78 bits per heavy atom. The molecule has 18 heavy (non-hydrogen) atoms. The molecular formula is C15H15Br2N. The van der Waals surface area contributed by atoms with Crippen molar-refractivity contribution < 1.29 is 0 Å². The van der Waals surface area contributed by atoms with Crippen LogP contribution in [-0.4, -0.2) is 0 Å². The van der Waals surface area contributed by atoms with Gasteiger partial charge in [-0.3, -0.25) is 0 Å². The van der Waals surface area contributed by atoms with Crippen molar-refractivity contribution in [2.75, 3.05) is 0 Å². The van der Waals surface area contributed by atoms with Gasteiger partial charge < -0.3 is 5.73 Å². The molecule has 1 nitrogen and oxygen atoms in total. The van der Waals surface area contributed by atoms with Crippen molar-refractivity contribution in [2.45, 2.75) is 19.4 Å². The van der Waals surface area contributed by atoms with Gasteiger partial charge in [-0.2, -0.15) is 0 Å². The molecule has 0 bridgehead atoms. The van der Waals surface area contributed by atoms with Crippen molar-refractivity contribution in [3.8, 4) is 0 Å². The third-order valence-corrected chi connectivity index (χ3v) is 4.44. The van der Waals surface area contributed by atoms with Gasteiger partial charge in [0, 0.05) is 15.0 Å². The Hall–Kier alpha value is -0.640. The average Bonchev–Trinajstić information content (AvgIpc) is 2.35. The molecule has 0 aromatic heterocycles. The number of halogens is 2. The Labute approximate surface area is 125 Å². The summed E-state index contributed by atoms with van der Waals surface area (Å²) in [7, 11) is 0. The first-order chi connectivity index (χ1) is 8.58. The summed E-state index contributed by atoms with van der Waals surface area (Å²) in [6.07, 6.45) is 0.823. The summed E-state index contributed by atoms with van der Waals surface area (Å²) < 4.78 is 2.19. The normalized spacial score (nSPS) is 12.4. The molecule has 2 aromatic carbocycles. The van der Waals surface area contributed by atoms with Gasteiger partial charge in [-0.05, 0) is 36.6 Å². The molecule has 0 aliphatic heterocycles. The topological polar surface area (TPSA) is 26.0 Å². The minimum absolute atomic E-state index is 0.00188. The molecule has 0 fully saturated rings. The fourth-order valence-electron chi connectivity index (χ4n) is 1.96. The first-order valence-electron chi connectivity index (χ1n) is 5.83. The van der Waals surface area contributed by atoms with Crippen molar-refractivity contribution in [2.24, 2.45) is 5.73 Å². The van der Waals surface area contributed by atoms with E-state index in [1.54, 1.807) is 0 Å². The van der Waals surface area contributed by atoms with Gasteiger partial charge in [-0.25, -0.2) is 0 Å². The summed E-state index contributed by atoms with van der Waals surface area (Å²) in [5, 5.41) is 0. The van der Waals surface area contributed by atoms with E-state index in [1.807, 2.05) is 18.2 Å². The Morgan fingerprint density at radius 1 is 1.06 bits per heavy atom. The smallest absolute Gasteiger partial charge is 0.0347 e. The molecule has 0 heterocycles. The van der Waals surface area contributed by atoms with Crippen LogP contribution in [0.15, 0.2) is 51.4 Å². The Kier molecular flexibility index (Phi) is 4.60. The Morgan fingerprint density at radius 3 is 2.50 bits per heavy atom. The number of hydrogen-bond acceptors (Lipinski definition) is 1. The SMILES string of the molecule is Cc1ccc(Br)c(C(N)Cc2ccccc2Br)c1. The average molecular weight is 369 g/mol. The molecule has 0 radical (unpaired) electrons. The monoisotopic (exact) mass is 367 g/mol. The number of benzene rings is 2. The van der Waals surface area contributed by atoms with E-state index < -0.39 is 0 Å². The van der Waals surface area contributed by atoms with Gasteiger partial charge in [0.25, 0.3) is 0 Å². The predicted octanol–water partition coefficient (Wildman–Crippen LogP) is 4.76. The summed E-state index contributed by atoms with van der Waals surface area (Å²) in [5.41, 5.74) is 9.94. The van der Waals surface area contributed by atoms with Crippen molar-refractivity contribution in [3.63, 3.8) is 0 Å². The van der Waals surface area contributed by atoms with E-state index in [9.17, 15) is 0 Å². The van der Waals surface area contributed by atoms with Gasteiger partial charge in [0.05, 0.1) is 0 Å². The summed E-state index contributed by atoms with van der Waals surface area (Å²) in [6, 6.07) is 14.5. The number of aryl methyl sites for hydroxylation is 1. The highest BCUT2D eigenvalue weighted by Gasteiger charge is 2.12. The lowest BCUT2D eigenvalue weighted by atomic mass is 9.98. The van der Waals surface area contributed by atoms with Gasteiger partial charge >= 0.3 is 0 Å². The number of hydrogen-bond donors (Lipinski definition) is 1. The minimum atomic E-state index is -0.00188.